The molecule has 0 fully saturated rings. The lowest BCUT2D eigenvalue weighted by Gasteiger charge is -2.06. The number of fused-ring (bicyclic) bond motifs is 1. The number of methoxy groups -OCH3 is 1. The first-order valence-corrected chi connectivity index (χ1v) is 10.7. The Bertz CT molecular complexity index is 1180. The van der Waals surface area contributed by atoms with E-state index in [4.69, 9.17) is 4.74 Å². The van der Waals surface area contributed by atoms with E-state index in [0.717, 1.165) is 32.9 Å². The summed E-state index contributed by atoms with van der Waals surface area (Å²) in [5.74, 6) is 1.63. The van der Waals surface area contributed by atoms with Gasteiger partial charge in [0.1, 0.15) is 5.75 Å². The van der Waals surface area contributed by atoms with Crippen molar-refractivity contribution < 1.29 is 9.53 Å². The molecule has 1 amide bonds. The fraction of sp³-hybridized carbons (Fsp3) is 0.200. The zero-order valence-corrected chi connectivity index (χ0v) is 17.8. The molecule has 9 heteroatoms. The van der Waals surface area contributed by atoms with Crippen molar-refractivity contribution in [2.24, 2.45) is 7.05 Å². The van der Waals surface area contributed by atoms with Crippen molar-refractivity contribution in [3.63, 3.8) is 0 Å². The number of aryl methyl sites for hydroxylation is 1. The molecule has 29 heavy (non-hydrogen) atoms. The molecule has 0 saturated heterocycles. The summed E-state index contributed by atoms with van der Waals surface area (Å²) >= 11 is 2.76. The standard InChI is InChI=1S/C20H19N5O2S2/c1-12-6-4-5-7-14(12)18-23-24-20(25(18)2)28-11-17(26)22-19-21-15-9-8-13(27-3)10-16(15)29-19/h4-10H,11H2,1-3H3,(H,21,22,26). The van der Waals surface area contributed by atoms with E-state index in [2.05, 4.69) is 20.5 Å². The molecule has 0 bridgehead atoms. The summed E-state index contributed by atoms with van der Waals surface area (Å²) in [5, 5.41) is 12.6. The van der Waals surface area contributed by atoms with E-state index in [-0.39, 0.29) is 11.7 Å². The van der Waals surface area contributed by atoms with Gasteiger partial charge in [0.15, 0.2) is 16.1 Å². The molecule has 0 radical (unpaired) electrons. The molecule has 0 atom stereocenters. The number of amides is 1. The lowest BCUT2D eigenvalue weighted by molar-refractivity contribution is -0.113. The zero-order chi connectivity index (χ0) is 20.4. The lowest BCUT2D eigenvalue weighted by atomic mass is 10.1. The number of benzene rings is 2. The first-order valence-electron chi connectivity index (χ1n) is 8.88. The molecule has 7 nitrogen and oxygen atoms in total. The predicted octanol–water partition coefficient (Wildman–Crippen LogP) is 4.14. The third-order valence-corrected chi connectivity index (χ3v) is 6.35. The first-order chi connectivity index (χ1) is 14.0. The smallest absolute Gasteiger partial charge is 0.236 e. The molecule has 0 saturated carbocycles. The lowest BCUT2D eigenvalue weighted by Crippen LogP contribution is -2.14. The summed E-state index contributed by atoms with van der Waals surface area (Å²) in [6.07, 6.45) is 0. The number of nitrogens with zero attached hydrogens (tertiary/aromatic N) is 4. The van der Waals surface area contributed by atoms with E-state index >= 15 is 0 Å². The van der Waals surface area contributed by atoms with Crippen LogP contribution in [-0.4, -0.2) is 38.5 Å². The summed E-state index contributed by atoms with van der Waals surface area (Å²) in [5.41, 5.74) is 2.99. The van der Waals surface area contributed by atoms with Gasteiger partial charge in [0, 0.05) is 12.6 Å². The van der Waals surface area contributed by atoms with E-state index in [1.54, 1.807) is 7.11 Å². The Hall–Kier alpha value is -2.91. The van der Waals surface area contributed by atoms with Crippen molar-refractivity contribution >= 4 is 44.4 Å². The number of anilines is 1. The monoisotopic (exact) mass is 425 g/mol. The number of rotatable bonds is 6. The fourth-order valence-corrected chi connectivity index (χ4v) is 4.49. The number of nitrogens with one attached hydrogen (secondary N) is 1. The molecule has 0 unspecified atom stereocenters. The van der Waals surface area contributed by atoms with Gasteiger partial charge in [-0.3, -0.25) is 4.79 Å². The van der Waals surface area contributed by atoms with E-state index < -0.39 is 0 Å². The molecular weight excluding hydrogens is 406 g/mol. The Morgan fingerprint density at radius 1 is 1.24 bits per heavy atom. The Kier molecular flexibility index (Phi) is 5.50. The van der Waals surface area contributed by atoms with Gasteiger partial charge in [-0.25, -0.2) is 4.98 Å². The van der Waals surface area contributed by atoms with Crippen LogP contribution >= 0.6 is 23.1 Å². The topological polar surface area (TPSA) is 81.9 Å². The van der Waals surface area contributed by atoms with E-state index in [1.165, 1.54) is 23.1 Å². The van der Waals surface area contributed by atoms with Crippen LogP contribution in [0.2, 0.25) is 0 Å². The van der Waals surface area contributed by atoms with Crippen LogP contribution in [0, 0.1) is 6.92 Å². The largest absolute Gasteiger partial charge is 0.497 e. The maximum Gasteiger partial charge on any atom is 0.236 e. The molecule has 4 aromatic rings. The van der Waals surface area contributed by atoms with Crippen LogP contribution in [0.4, 0.5) is 5.13 Å². The average molecular weight is 426 g/mol. The number of thioether (sulfide) groups is 1. The summed E-state index contributed by atoms with van der Waals surface area (Å²) in [4.78, 5) is 16.8. The minimum absolute atomic E-state index is 0.138. The minimum atomic E-state index is -0.138. The highest BCUT2D eigenvalue weighted by Gasteiger charge is 2.15. The zero-order valence-electron chi connectivity index (χ0n) is 16.2. The Balaban J connectivity index is 1.42. The molecule has 2 aromatic heterocycles. The van der Waals surface area contributed by atoms with Crippen molar-refractivity contribution in [2.45, 2.75) is 12.1 Å². The quantitative estimate of drug-likeness (QED) is 0.468. The number of hydrogen-bond donors (Lipinski definition) is 1. The fourth-order valence-electron chi connectivity index (χ4n) is 2.87. The molecule has 1 N–H and O–H groups in total. The Morgan fingerprint density at radius 2 is 2.07 bits per heavy atom. The van der Waals surface area contributed by atoms with E-state index in [1.807, 2.05) is 61.0 Å². The van der Waals surface area contributed by atoms with Crippen molar-refractivity contribution in [3.8, 4) is 17.1 Å². The third kappa shape index (κ3) is 4.10. The van der Waals surface area contributed by atoms with Crippen LogP contribution in [0.25, 0.3) is 21.6 Å². The van der Waals surface area contributed by atoms with Gasteiger partial charge in [-0.1, -0.05) is 47.4 Å². The van der Waals surface area contributed by atoms with Crippen molar-refractivity contribution in [1.82, 2.24) is 19.7 Å². The SMILES string of the molecule is COc1ccc2nc(NC(=O)CSc3nnc(-c4ccccc4C)n3C)sc2c1. The Morgan fingerprint density at radius 3 is 2.86 bits per heavy atom. The normalized spacial score (nSPS) is 11.0. The van der Waals surface area contributed by atoms with Crippen LogP contribution in [0.3, 0.4) is 0 Å². The highest BCUT2D eigenvalue weighted by Crippen LogP contribution is 2.29. The van der Waals surface area contributed by atoms with Gasteiger partial charge in [0.25, 0.3) is 0 Å². The second-order valence-electron chi connectivity index (χ2n) is 6.37. The van der Waals surface area contributed by atoms with E-state index in [9.17, 15) is 4.79 Å². The molecule has 2 aromatic carbocycles. The number of thiazole rings is 1. The summed E-state index contributed by atoms with van der Waals surface area (Å²) < 4.78 is 8.09. The van der Waals surface area contributed by atoms with Gasteiger partial charge in [-0.2, -0.15) is 0 Å². The maximum atomic E-state index is 12.4. The van der Waals surface area contributed by atoms with Gasteiger partial charge in [0.2, 0.25) is 5.91 Å². The minimum Gasteiger partial charge on any atom is -0.497 e. The molecule has 0 aliphatic carbocycles. The molecule has 148 valence electrons. The van der Waals surface area contributed by atoms with Crippen LogP contribution in [0.15, 0.2) is 47.6 Å². The number of carbonyl (C=O) groups is 1. The number of hydrogen-bond acceptors (Lipinski definition) is 7. The third-order valence-electron chi connectivity index (χ3n) is 4.40. The van der Waals surface area contributed by atoms with Crippen LogP contribution in [0.5, 0.6) is 5.75 Å². The van der Waals surface area contributed by atoms with E-state index in [0.29, 0.717) is 10.3 Å². The predicted molar refractivity (Wildman–Crippen MR) is 117 cm³/mol. The molecule has 0 aliphatic rings. The van der Waals surface area contributed by atoms with Gasteiger partial charge in [0.05, 0.1) is 23.1 Å². The molecule has 2 heterocycles. The maximum absolute atomic E-state index is 12.4. The van der Waals surface area contributed by atoms with Crippen molar-refractivity contribution in [1.29, 1.82) is 0 Å². The van der Waals surface area contributed by atoms with Crippen molar-refractivity contribution in [2.75, 3.05) is 18.2 Å². The molecular formula is C20H19N5O2S2. The summed E-state index contributed by atoms with van der Waals surface area (Å²) in [6, 6.07) is 13.7. The first kappa shape index (κ1) is 19.4. The van der Waals surface area contributed by atoms with Crippen molar-refractivity contribution in [3.05, 3.63) is 48.0 Å². The van der Waals surface area contributed by atoms with Gasteiger partial charge >= 0.3 is 0 Å². The molecule has 4 rings (SSSR count). The van der Waals surface area contributed by atoms with Gasteiger partial charge in [-0.15, -0.1) is 10.2 Å². The van der Waals surface area contributed by atoms with Gasteiger partial charge in [-0.05, 0) is 30.7 Å². The highest BCUT2D eigenvalue weighted by atomic mass is 32.2. The highest BCUT2D eigenvalue weighted by molar-refractivity contribution is 7.99. The Labute approximate surface area is 176 Å². The van der Waals surface area contributed by atoms with Crippen LogP contribution in [-0.2, 0) is 11.8 Å². The van der Waals surface area contributed by atoms with Crippen LogP contribution < -0.4 is 10.1 Å². The van der Waals surface area contributed by atoms with Crippen LogP contribution in [0.1, 0.15) is 5.56 Å². The number of aromatic nitrogens is 4. The second kappa shape index (κ2) is 8.22. The molecule has 0 spiro atoms. The number of ether oxygens (including phenoxy) is 1. The van der Waals surface area contributed by atoms with Gasteiger partial charge < -0.3 is 14.6 Å². The summed E-state index contributed by atoms with van der Waals surface area (Å²) in [7, 11) is 3.53. The molecule has 0 aliphatic heterocycles. The second-order valence-corrected chi connectivity index (χ2v) is 8.34. The summed E-state index contributed by atoms with van der Waals surface area (Å²) in [6.45, 7) is 2.04. The number of carbonyl (C=O) groups excluding carboxylic acids is 1. The average Bonchev–Trinajstić information content (AvgIpc) is 3.28.